The van der Waals surface area contributed by atoms with Crippen molar-refractivity contribution < 1.29 is 4.74 Å². The predicted molar refractivity (Wildman–Crippen MR) is 72.2 cm³/mol. The van der Waals surface area contributed by atoms with Gasteiger partial charge in [-0.1, -0.05) is 0 Å². The average Bonchev–Trinajstić information content (AvgIpc) is 3.13. The smallest absolute Gasteiger partial charge is 0.228 e. The first-order valence-corrected chi connectivity index (χ1v) is 6.62. The topological polar surface area (TPSA) is 51.4 Å². The molecule has 17 heavy (non-hydrogen) atoms. The summed E-state index contributed by atoms with van der Waals surface area (Å²) in [7, 11) is 2.14. The lowest BCUT2D eigenvalue weighted by Crippen LogP contribution is -2.26. The molecule has 1 aromatic rings. The van der Waals surface area contributed by atoms with Crippen molar-refractivity contribution >= 4 is 21.6 Å². The Morgan fingerprint density at radius 2 is 2.29 bits per heavy atom. The van der Waals surface area contributed by atoms with Gasteiger partial charge < -0.3 is 15.4 Å². The molecule has 0 spiro atoms. The van der Waals surface area contributed by atoms with E-state index in [2.05, 4.69) is 32.9 Å². The van der Waals surface area contributed by atoms with Crippen LogP contribution in [-0.4, -0.2) is 36.1 Å². The monoisotopic (exact) mass is 299 g/mol. The zero-order chi connectivity index (χ0) is 12.4. The standard InChI is InChI=1S/C12H18BrN3O/c1-8-10(14)7-15-12(11(8)13)17-6-5-16(2)9-3-4-9/h7,9H,3-6,14H2,1-2H3. The van der Waals surface area contributed by atoms with Gasteiger partial charge in [0.1, 0.15) is 6.61 Å². The lowest BCUT2D eigenvalue weighted by atomic mass is 10.2. The molecule has 2 rings (SSSR count). The van der Waals surface area contributed by atoms with Crippen LogP contribution in [-0.2, 0) is 0 Å². The molecule has 1 saturated carbocycles. The molecule has 1 heterocycles. The normalized spacial score (nSPS) is 15.3. The van der Waals surface area contributed by atoms with Crippen LogP contribution in [0.25, 0.3) is 0 Å². The Hall–Kier alpha value is -0.810. The largest absolute Gasteiger partial charge is 0.475 e. The van der Waals surface area contributed by atoms with E-state index in [1.54, 1.807) is 6.20 Å². The molecule has 0 saturated heterocycles. The van der Waals surface area contributed by atoms with Crippen LogP contribution in [0.3, 0.4) is 0 Å². The third-order valence-electron chi connectivity index (χ3n) is 3.12. The van der Waals surface area contributed by atoms with E-state index in [1.165, 1.54) is 12.8 Å². The fraction of sp³-hybridized carbons (Fsp3) is 0.583. The second kappa shape index (κ2) is 5.23. The van der Waals surface area contributed by atoms with Crippen LogP contribution in [0.2, 0.25) is 0 Å². The number of ether oxygens (including phenoxy) is 1. The van der Waals surface area contributed by atoms with E-state index in [9.17, 15) is 0 Å². The summed E-state index contributed by atoms with van der Waals surface area (Å²) in [6.45, 7) is 3.54. The van der Waals surface area contributed by atoms with Gasteiger partial charge in [0.25, 0.3) is 0 Å². The summed E-state index contributed by atoms with van der Waals surface area (Å²) in [6.07, 6.45) is 4.28. The fourth-order valence-corrected chi connectivity index (χ4v) is 2.10. The summed E-state index contributed by atoms with van der Waals surface area (Å²) in [4.78, 5) is 6.51. The van der Waals surface area contributed by atoms with Gasteiger partial charge in [-0.05, 0) is 48.3 Å². The van der Waals surface area contributed by atoms with Gasteiger partial charge in [0, 0.05) is 12.6 Å². The van der Waals surface area contributed by atoms with Crippen molar-refractivity contribution in [1.29, 1.82) is 0 Å². The third kappa shape index (κ3) is 3.10. The van der Waals surface area contributed by atoms with Crippen LogP contribution in [0.1, 0.15) is 18.4 Å². The highest BCUT2D eigenvalue weighted by atomic mass is 79.9. The van der Waals surface area contributed by atoms with Crippen molar-refractivity contribution in [1.82, 2.24) is 9.88 Å². The summed E-state index contributed by atoms with van der Waals surface area (Å²) in [5.41, 5.74) is 7.42. The molecule has 5 heteroatoms. The molecule has 0 bridgehead atoms. The Bertz CT molecular complexity index is 407. The van der Waals surface area contributed by atoms with E-state index in [1.807, 2.05) is 6.92 Å². The van der Waals surface area contributed by atoms with Gasteiger partial charge >= 0.3 is 0 Å². The molecular weight excluding hydrogens is 282 g/mol. The van der Waals surface area contributed by atoms with Crippen molar-refractivity contribution in [2.75, 3.05) is 25.9 Å². The molecule has 1 aliphatic rings. The van der Waals surface area contributed by atoms with Gasteiger partial charge in [0.05, 0.1) is 16.4 Å². The Labute approximate surface area is 110 Å². The van der Waals surface area contributed by atoms with Gasteiger partial charge in [-0.2, -0.15) is 0 Å². The number of anilines is 1. The van der Waals surface area contributed by atoms with Crippen LogP contribution in [0.5, 0.6) is 5.88 Å². The van der Waals surface area contributed by atoms with Crippen LogP contribution in [0, 0.1) is 6.92 Å². The summed E-state index contributed by atoms with van der Waals surface area (Å²) >= 11 is 3.46. The van der Waals surface area contributed by atoms with Gasteiger partial charge in [-0.15, -0.1) is 0 Å². The maximum absolute atomic E-state index is 5.76. The van der Waals surface area contributed by atoms with Gasteiger partial charge in [0.2, 0.25) is 5.88 Å². The number of nitrogens with two attached hydrogens (primary N) is 1. The fourth-order valence-electron chi connectivity index (χ4n) is 1.65. The van der Waals surface area contributed by atoms with E-state index in [0.29, 0.717) is 18.2 Å². The van der Waals surface area contributed by atoms with Gasteiger partial charge in [0.15, 0.2) is 0 Å². The Kier molecular flexibility index (Phi) is 3.89. The molecule has 0 aromatic carbocycles. The van der Waals surface area contributed by atoms with E-state index in [4.69, 9.17) is 10.5 Å². The quantitative estimate of drug-likeness (QED) is 0.906. The molecule has 1 aliphatic carbocycles. The minimum atomic E-state index is 0.626. The summed E-state index contributed by atoms with van der Waals surface area (Å²) in [5, 5.41) is 0. The molecule has 4 nitrogen and oxygen atoms in total. The zero-order valence-corrected chi connectivity index (χ0v) is 11.8. The number of pyridine rings is 1. The predicted octanol–water partition coefficient (Wildman–Crippen LogP) is 2.21. The number of aromatic nitrogens is 1. The summed E-state index contributed by atoms with van der Waals surface area (Å²) in [5.74, 6) is 0.626. The summed E-state index contributed by atoms with van der Waals surface area (Å²) in [6, 6.07) is 0.767. The lowest BCUT2D eigenvalue weighted by molar-refractivity contribution is 0.225. The van der Waals surface area contributed by atoms with Crippen molar-refractivity contribution in [3.05, 3.63) is 16.2 Å². The Morgan fingerprint density at radius 1 is 1.59 bits per heavy atom. The zero-order valence-electron chi connectivity index (χ0n) is 10.2. The maximum atomic E-state index is 5.76. The number of hydrogen-bond donors (Lipinski definition) is 1. The number of likely N-dealkylation sites (N-methyl/N-ethyl adjacent to an activating group) is 1. The van der Waals surface area contributed by atoms with Crippen molar-refractivity contribution in [3.63, 3.8) is 0 Å². The van der Waals surface area contributed by atoms with Gasteiger partial charge in [-0.3, -0.25) is 0 Å². The number of nitrogens with zero attached hydrogens (tertiary/aromatic N) is 2. The first kappa shape index (κ1) is 12.6. The first-order chi connectivity index (χ1) is 8.09. The highest BCUT2D eigenvalue weighted by Gasteiger charge is 2.25. The second-order valence-corrected chi connectivity index (χ2v) is 5.31. The van der Waals surface area contributed by atoms with Crippen molar-refractivity contribution in [2.24, 2.45) is 0 Å². The number of halogens is 1. The molecule has 0 unspecified atom stereocenters. The number of nitrogen functional groups attached to an aromatic ring is 1. The number of rotatable bonds is 5. The molecule has 0 aliphatic heterocycles. The molecular formula is C12H18BrN3O. The van der Waals surface area contributed by atoms with E-state index in [0.717, 1.165) is 22.6 Å². The van der Waals surface area contributed by atoms with E-state index in [-0.39, 0.29) is 0 Å². The summed E-state index contributed by atoms with van der Waals surface area (Å²) < 4.78 is 6.52. The van der Waals surface area contributed by atoms with Crippen LogP contribution in [0.15, 0.2) is 10.7 Å². The highest BCUT2D eigenvalue weighted by molar-refractivity contribution is 9.10. The lowest BCUT2D eigenvalue weighted by Gasteiger charge is -2.16. The van der Waals surface area contributed by atoms with Crippen molar-refractivity contribution in [3.8, 4) is 5.88 Å². The van der Waals surface area contributed by atoms with Crippen LogP contribution in [0.4, 0.5) is 5.69 Å². The minimum absolute atomic E-state index is 0.626. The second-order valence-electron chi connectivity index (χ2n) is 4.52. The molecule has 0 amide bonds. The molecule has 94 valence electrons. The first-order valence-electron chi connectivity index (χ1n) is 5.83. The number of hydrogen-bond acceptors (Lipinski definition) is 4. The van der Waals surface area contributed by atoms with E-state index < -0.39 is 0 Å². The Balaban J connectivity index is 1.88. The molecule has 1 aromatic heterocycles. The molecule has 1 fully saturated rings. The van der Waals surface area contributed by atoms with E-state index >= 15 is 0 Å². The van der Waals surface area contributed by atoms with Crippen LogP contribution >= 0.6 is 15.9 Å². The Morgan fingerprint density at radius 3 is 2.94 bits per heavy atom. The van der Waals surface area contributed by atoms with Gasteiger partial charge in [-0.25, -0.2) is 4.98 Å². The third-order valence-corrected chi connectivity index (χ3v) is 4.06. The minimum Gasteiger partial charge on any atom is -0.475 e. The molecule has 0 radical (unpaired) electrons. The highest BCUT2D eigenvalue weighted by Crippen LogP contribution is 2.29. The van der Waals surface area contributed by atoms with Crippen molar-refractivity contribution in [2.45, 2.75) is 25.8 Å². The maximum Gasteiger partial charge on any atom is 0.228 e. The molecule has 2 N–H and O–H groups in total. The SMILES string of the molecule is Cc1c(N)cnc(OCCN(C)C2CC2)c1Br. The molecule has 0 atom stereocenters. The average molecular weight is 300 g/mol. The van der Waals surface area contributed by atoms with Crippen LogP contribution < -0.4 is 10.5 Å².